The number of para-hydroxylation sites is 1. The van der Waals surface area contributed by atoms with E-state index in [0.29, 0.717) is 24.9 Å². The van der Waals surface area contributed by atoms with Crippen LogP contribution in [0.4, 0.5) is 5.69 Å². The first kappa shape index (κ1) is 12.3. The maximum Gasteiger partial charge on any atom is 0.173 e. The Morgan fingerprint density at radius 1 is 1.47 bits per heavy atom. The van der Waals surface area contributed by atoms with Gasteiger partial charge in [0.05, 0.1) is 25.9 Å². The molecule has 0 aliphatic carbocycles. The summed E-state index contributed by atoms with van der Waals surface area (Å²) >= 11 is 5.35. The molecule has 2 rings (SSSR count). The number of benzene rings is 1. The van der Waals surface area contributed by atoms with Crippen LogP contribution < -0.4 is 5.32 Å². The zero-order valence-corrected chi connectivity index (χ0v) is 10.3. The van der Waals surface area contributed by atoms with Gasteiger partial charge in [-0.15, -0.1) is 0 Å². The molecule has 1 aromatic carbocycles. The average molecular weight is 252 g/mol. The fraction of sp³-hybridized carbons (Fsp3) is 0.417. The Kier molecular flexibility index (Phi) is 4.30. The molecule has 1 aliphatic rings. The van der Waals surface area contributed by atoms with Crippen LogP contribution in [0, 0.1) is 0 Å². The number of ether oxygens (including phenoxy) is 1. The average Bonchev–Trinajstić information content (AvgIpc) is 2.40. The van der Waals surface area contributed by atoms with Crippen LogP contribution in [-0.2, 0) is 4.74 Å². The molecule has 0 amide bonds. The molecule has 1 saturated heterocycles. The summed E-state index contributed by atoms with van der Waals surface area (Å²) in [6.45, 7) is 1.93. The van der Waals surface area contributed by atoms with Crippen molar-refractivity contribution in [1.82, 2.24) is 4.90 Å². The Labute approximate surface area is 106 Å². The van der Waals surface area contributed by atoms with E-state index in [4.69, 9.17) is 17.0 Å². The minimum atomic E-state index is -0.0486. The van der Waals surface area contributed by atoms with Crippen molar-refractivity contribution in [3.05, 3.63) is 30.3 Å². The molecule has 0 saturated carbocycles. The van der Waals surface area contributed by atoms with E-state index in [2.05, 4.69) is 5.32 Å². The van der Waals surface area contributed by atoms with E-state index in [-0.39, 0.29) is 12.6 Å². The lowest BCUT2D eigenvalue weighted by Crippen LogP contribution is -2.51. The monoisotopic (exact) mass is 252 g/mol. The molecule has 0 radical (unpaired) electrons. The first-order valence-electron chi connectivity index (χ1n) is 5.62. The number of nitrogens with one attached hydrogen (secondary N) is 1. The van der Waals surface area contributed by atoms with Gasteiger partial charge in [-0.3, -0.25) is 0 Å². The lowest BCUT2D eigenvalue weighted by Gasteiger charge is -2.36. The van der Waals surface area contributed by atoms with Gasteiger partial charge in [0.1, 0.15) is 0 Å². The van der Waals surface area contributed by atoms with E-state index >= 15 is 0 Å². The maximum absolute atomic E-state index is 9.27. The normalized spacial score (nSPS) is 20.1. The standard InChI is InChI=1S/C12H16N2O2S/c15-8-11-9-16-7-6-14(11)12(17)13-10-4-2-1-3-5-10/h1-5,11,15H,6-9H2,(H,13,17). The highest BCUT2D eigenvalue weighted by Crippen LogP contribution is 2.11. The number of hydrogen-bond acceptors (Lipinski definition) is 3. The number of rotatable bonds is 2. The van der Waals surface area contributed by atoms with Crippen LogP contribution in [0.5, 0.6) is 0 Å². The summed E-state index contributed by atoms with van der Waals surface area (Å²) in [5.74, 6) is 0. The topological polar surface area (TPSA) is 44.7 Å². The molecular weight excluding hydrogens is 236 g/mol. The predicted molar refractivity (Wildman–Crippen MR) is 71.1 cm³/mol. The van der Waals surface area contributed by atoms with Crippen molar-refractivity contribution < 1.29 is 9.84 Å². The molecule has 5 heteroatoms. The van der Waals surface area contributed by atoms with Gasteiger partial charge in [-0.05, 0) is 24.4 Å². The quantitative estimate of drug-likeness (QED) is 0.771. The third-order valence-corrected chi connectivity index (χ3v) is 3.06. The van der Waals surface area contributed by atoms with Gasteiger partial charge in [-0.2, -0.15) is 0 Å². The Bertz CT molecular complexity index is 372. The summed E-state index contributed by atoms with van der Waals surface area (Å²) in [5, 5.41) is 13.1. The highest BCUT2D eigenvalue weighted by molar-refractivity contribution is 7.80. The smallest absolute Gasteiger partial charge is 0.173 e. The summed E-state index contributed by atoms with van der Waals surface area (Å²) in [6.07, 6.45) is 0. The van der Waals surface area contributed by atoms with Crippen molar-refractivity contribution in [2.45, 2.75) is 6.04 Å². The van der Waals surface area contributed by atoms with Crippen LogP contribution in [0.3, 0.4) is 0 Å². The molecule has 2 N–H and O–H groups in total. The first-order chi connectivity index (χ1) is 8.31. The van der Waals surface area contributed by atoms with Gasteiger partial charge in [-0.25, -0.2) is 0 Å². The van der Waals surface area contributed by atoms with Crippen molar-refractivity contribution in [3.63, 3.8) is 0 Å². The molecular formula is C12H16N2O2S. The van der Waals surface area contributed by atoms with E-state index in [1.807, 2.05) is 35.2 Å². The van der Waals surface area contributed by atoms with Crippen molar-refractivity contribution in [1.29, 1.82) is 0 Å². The third kappa shape index (κ3) is 3.15. The summed E-state index contributed by atoms with van der Waals surface area (Å²) < 4.78 is 5.31. The first-order valence-corrected chi connectivity index (χ1v) is 6.03. The Balaban J connectivity index is 1.99. The van der Waals surface area contributed by atoms with Crippen LogP contribution in [0.2, 0.25) is 0 Å². The van der Waals surface area contributed by atoms with Crippen LogP contribution in [-0.4, -0.2) is 47.5 Å². The highest BCUT2D eigenvalue weighted by atomic mass is 32.1. The fourth-order valence-electron chi connectivity index (χ4n) is 1.79. The molecule has 0 spiro atoms. The van der Waals surface area contributed by atoms with Crippen molar-refractivity contribution in [3.8, 4) is 0 Å². The number of thiocarbonyl (C=S) groups is 1. The second-order valence-electron chi connectivity index (χ2n) is 3.90. The number of anilines is 1. The van der Waals surface area contributed by atoms with Gasteiger partial charge < -0.3 is 20.1 Å². The second-order valence-corrected chi connectivity index (χ2v) is 4.29. The molecule has 0 aromatic heterocycles. The summed E-state index contributed by atoms with van der Waals surface area (Å²) in [4.78, 5) is 1.98. The Hall–Kier alpha value is -1.17. The van der Waals surface area contributed by atoms with Crippen molar-refractivity contribution in [2.75, 3.05) is 31.7 Å². The van der Waals surface area contributed by atoms with Gasteiger partial charge in [0.15, 0.2) is 5.11 Å². The predicted octanol–water partition coefficient (Wildman–Crippen LogP) is 1.08. The molecule has 1 aromatic rings. The Morgan fingerprint density at radius 2 is 2.24 bits per heavy atom. The van der Waals surface area contributed by atoms with Gasteiger partial charge in [-0.1, -0.05) is 18.2 Å². The summed E-state index contributed by atoms with van der Waals surface area (Å²) in [5.41, 5.74) is 0.959. The lowest BCUT2D eigenvalue weighted by molar-refractivity contribution is 0.00585. The van der Waals surface area contributed by atoms with Gasteiger partial charge in [0, 0.05) is 12.2 Å². The molecule has 0 bridgehead atoms. The zero-order chi connectivity index (χ0) is 12.1. The van der Waals surface area contributed by atoms with Crippen LogP contribution >= 0.6 is 12.2 Å². The number of nitrogens with zero attached hydrogens (tertiary/aromatic N) is 1. The number of hydrogen-bond donors (Lipinski definition) is 2. The molecule has 4 nitrogen and oxygen atoms in total. The van der Waals surface area contributed by atoms with Gasteiger partial charge >= 0.3 is 0 Å². The SMILES string of the molecule is OCC1COCCN1C(=S)Nc1ccccc1. The number of aliphatic hydroxyl groups is 1. The third-order valence-electron chi connectivity index (χ3n) is 2.72. The van der Waals surface area contributed by atoms with E-state index in [9.17, 15) is 5.11 Å². The van der Waals surface area contributed by atoms with Crippen molar-refractivity contribution >= 4 is 23.0 Å². The molecule has 92 valence electrons. The highest BCUT2D eigenvalue weighted by Gasteiger charge is 2.24. The summed E-state index contributed by atoms with van der Waals surface area (Å²) in [7, 11) is 0. The largest absolute Gasteiger partial charge is 0.394 e. The molecule has 1 fully saturated rings. The fourth-order valence-corrected chi connectivity index (χ4v) is 2.15. The number of morpholine rings is 1. The van der Waals surface area contributed by atoms with Crippen LogP contribution in [0.15, 0.2) is 30.3 Å². The van der Waals surface area contributed by atoms with Crippen LogP contribution in [0.1, 0.15) is 0 Å². The molecule has 17 heavy (non-hydrogen) atoms. The number of aliphatic hydroxyl groups excluding tert-OH is 1. The van der Waals surface area contributed by atoms with Crippen LogP contribution in [0.25, 0.3) is 0 Å². The molecule has 1 atom stereocenters. The summed E-state index contributed by atoms with van der Waals surface area (Å²) in [6, 6.07) is 9.73. The Morgan fingerprint density at radius 3 is 2.94 bits per heavy atom. The van der Waals surface area contributed by atoms with E-state index in [1.165, 1.54) is 0 Å². The second kappa shape index (κ2) is 5.95. The van der Waals surface area contributed by atoms with E-state index in [1.54, 1.807) is 0 Å². The van der Waals surface area contributed by atoms with Gasteiger partial charge in [0.25, 0.3) is 0 Å². The van der Waals surface area contributed by atoms with E-state index in [0.717, 1.165) is 5.69 Å². The van der Waals surface area contributed by atoms with Gasteiger partial charge in [0.2, 0.25) is 0 Å². The van der Waals surface area contributed by atoms with Crippen molar-refractivity contribution in [2.24, 2.45) is 0 Å². The maximum atomic E-state index is 9.27. The zero-order valence-electron chi connectivity index (χ0n) is 9.50. The minimum Gasteiger partial charge on any atom is -0.394 e. The lowest BCUT2D eigenvalue weighted by atomic mass is 10.2. The minimum absolute atomic E-state index is 0.0486. The molecule has 1 aliphatic heterocycles. The van der Waals surface area contributed by atoms with E-state index < -0.39 is 0 Å². The molecule has 1 unspecified atom stereocenters. The molecule has 1 heterocycles.